The molecule has 0 bridgehead atoms. The summed E-state index contributed by atoms with van der Waals surface area (Å²) in [6.45, 7) is 4.89. The summed E-state index contributed by atoms with van der Waals surface area (Å²) in [6, 6.07) is 6.30. The van der Waals surface area contributed by atoms with Crippen LogP contribution in [-0.2, 0) is 6.54 Å². The summed E-state index contributed by atoms with van der Waals surface area (Å²) in [4.78, 5) is 6.78. The predicted molar refractivity (Wildman–Crippen MR) is 78.9 cm³/mol. The number of nitrogens with zero attached hydrogens (tertiary/aromatic N) is 3. The van der Waals surface area contributed by atoms with Crippen LogP contribution in [0, 0.1) is 6.92 Å². The molecular weight excluding hydrogens is 282 g/mol. The van der Waals surface area contributed by atoms with E-state index in [2.05, 4.69) is 21.1 Å². The van der Waals surface area contributed by atoms with Crippen LogP contribution >= 0.6 is 0 Å². The molecule has 2 aliphatic rings. The Bertz CT molecular complexity index is 670. The summed E-state index contributed by atoms with van der Waals surface area (Å²) in [5.41, 5.74) is 1.16. The Morgan fingerprint density at radius 2 is 2.18 bits per heavy atom. The minimum absolute atomic E-state index is 0.220. The van der Waals surface area contributed by atoms with Crippen molar-refractivity contribution in [2.24, 2.45) is 0 Å². The lowest BCUT2D eigenvalue weighted by Crippen LogP contribution is -2.25. The molecule has 1 aromatic carbocycles. The van der Waals surface area contributed by atoms with Gasteiger partial charge in [0, 0.05) is 19.0 Å². The Labute approximate surface area is 129 Å². The second kappa shape index (κ2) is 5.61. The summed E-state index contributed by atoms with van der Waals surface area (Å²) in [6.07, 6.45) is 2.20. The molecule has 0 radical (unpaired) electrons. The van der Waals surface area contributed by atoms with Crippen molar-refractivity contribution in [2.75, 3.05) is 19.8 Å². The van der Waals surface area contributed by atoms with Crippen molar-refractivity contribution in [3.05, 3.63) is 35.5 Å². The van der Waals surface area contributed by atoms with Crippen LogP contribution in [0.25, 0.3) is 0 Å². The molecule has 0 spiro atoms. The van der Waals surface area contributed by atoms with Crippen LogP contribution < -0.4 is 9.47 Å². The first-order valence-electron chi connectivity index (χ1n) is 7.73. The third-order valence-electron chi connectivity index (χ3n) is 4.23. The SMILES string of the molecule is Cc1nc([C@H]2CCCN2Cc2cccc3c2OCCO3)no1. The largest absolute Gasteiger partial charge is 0.486 e. The highest BCUT2D eigenvalue weighted by molar-refractivity contribution is 5.47. The van der Waals surface area contributed by atoms with Crippen molar-refractivity contribution in [3.8, 4) is 11.5 Å². The summed E-state index contributed by atoms with van der Waals surface area (Å²) < 4.78 is 16.6. The van der Waals surface area contributed by atoms with Crippen LogP contribution in [-0.4, -0.2) is 34.8 Å². The fourth-order valence-corrected chi connectivity index (χ4v) is 3.24. The molecule has 0 saturated carbocycles. The number of fused-ring (bicyclic) bond motifs is 1. The first kappa shape index (κ1) is 13.6. The van der Waals surface area contributed by atoms with E-state index in [1.54, 1.807) is 0 Å². The van der Waals surface area contributed by atoms with Crippen LogP contribution in [0.15, 0.2) is 22.7 Å². The Kier molecular flexibility index (Phi) is 3.46. The molecule has 6 heteroatoms. The van der Waals surface area contributed by atoms with Gasteiger partial charge in [0.25, 0.3) is 0 Å². The van der Waals surface area contributed by atoms with Gasteiger partial charge in [-0.1, -0.05) is 17.3 Å². The highest BCUT2D eigenvalue weighted by atomic mass is 16.6. The van der Waals surface area contributed by atoms with E-state index in [4.69, 9.17) is 14.0 Å². The lowest BCUT2D eigenvalue weighted by atomic mass is 10.1. The van der Waals surface area contributed by atoms with E-state index in [1.807, 2.05) is 19.1 Å². The van der Waals surface area contributed by atoms with E-state index < -0.39 is 0 Å². The van der Waals surface area contributed by atoms with Crippen molar-refractivity contribution >= 4 is 0 Å². The van der Waals surface area contributed by atoms with Gasteiger partial charge >= 0.3 is 0 Å². The van der Waals surface area contributed by atoms with Gasteiger partial charge in [-0.05, 0) is 25.5 Å². The molecule has 4 rings (SSSR count). The van der Waals surface area contributed by atoms with Gasteiger partial charge in [-0.3, -0.25) is 4.90 Å². The minimum atomic E-state index is 0.220. The molecule has 6 nitrogen and oxygen atoms in total. The zero-order chi connectivity index (χ0) is 14.9. The number of para-hydroxylation sites is 1. The molecule has 0 unspecified atom stereocenters. The topological polar surface area (TPSA) is 60.6 Å². The average molecular weight is 301 g/mol. The molecule has 22 heavy (non-hydrogen) atoms. The number of aromatic nitrogens is 2. The van der Waals surface area contributed by atoms with Crippen molar-refractivity contribution in [3.63, 3.8) is 0 Å². The Morgan fingerprint density at radius 1 is 1.27 bits per heavy atom. The van der Waals surface area contributed by atoms with Crippen LogP contribution in [0.2, 0.25) is 0 Å². The quantitative estimate of drug-likeness (QED) is 0.868. The van der Waals surface area contributed by atoms with Crippen LogP contribution in [0.5, 0.6) is 11.5 Å². The minimum Gasteiger partial charge on any atom is -0.486 e. The van der Waals surface area contributed by atoms with Crippen LogP contribution in [0.1, 0.15) is 36.2 Å². The number of aryl methyl sites for hydroxylation is 1. The van der Waals surface area contributed by atoms with Gasteiger partial charge in [0.05, 0.1) is 6.04 Å². The zero-order valence-electron chi connectivity index (χ0n) is 12.6. The highest BCUT2D eigenvalue weighted by Gasteiger charge is 2.30. The molecule has 0 amide bonds. The lowest BCUT2D eigenvalue weighted by molar-refractivity contribution is 0.165. The molecule has 1 saturated heterocycles. The van der Waals surface area contributed by atoms with Crippen molar-refractivity contribution in [1.82, 2.24) is 15.0 Å². The van der Waals surface area contributed by atoms with Gasteiger partial charge in [0.1, 0.15) is 13.2 Å². The van der Waals surface area contributed by atoms with E-state index in [9.17, 15) is 0 Å². The summed E-state index contributed by atoms with van der Waals surface area (Å²) in [5, 5.41) is 4.09. The van der Waals surface area contributed by atoms with Crippen LogP contribution in [0.4, 0.5) is 0 Å². The molecule has 1 atom stereocenters. The molecule has 116 valence electrons. The van der Waals surface area contributed by atoms with E-state index >= 15 is 0 Å². The monoisotopic (exact) mass is 301 g/mol. The van der Waals surface area contributed by atoms with E-state index in [1.165, 1.54) is 0 Å². The molecule has 0 aliphatic carbocycles. The van der Waals surface area contributed by atoms with Gasteiger partial charge < -0.3 is 14.0 Å². The smallest absolute Gasteiger partial charge is 0.223 e. The van der Waals surface area contributed by atoms with E-state index in [-0.39, 0.29) is 6.04 Å². The fourth-order valence-electron chi connectivity index (χ4n) is 3.24. The summed E-state index contributed by atoms with van der Waals surface area (Å²) in [7, 11) is 0. The Balaban J connectivity index is 1.58. The maximum absolute atomic E-state index is 5.81. The van der Waals surface area contributed by atoms with Crippen molar-refractivity contribution in [1.29, 1.82) is 0 Å². The predicted octanol–water partition coefficient (Wildman–Crippen LogP) is 2.49. The standard InChI is InChI=1S/C16H19N3O3/c1-11-17-16(18-22-11)13-5-3-7-19(13)10-12-4-2-6-14-15(12)21-9-8-20-14/h2,4,6,13H,3,5,7-10H2,1H3/t13-/m1/s1. The number of hydrogen-bond acceptors (Lipinski definition) is 6. The Morgan fingerprint density at radius 3 is 3.05 bits per heavy atom. The molecule has 0 N–H and O–H groups in total. The number of hydrogen-bond donors (Lipinski definition) is 0. The number of rotatable bonds is 3. The van der Waals surface area contributed by atoms with Gasteiger partial charge in [0.15, 0.2) is 17.3 Å². The first-order chi connectivity index (χ1) is 10.8. The van der Waals surface area contributed by atoms with Gasteiger partial charge in [-0.15, -0.1) is 0 Å². The molecule has 2 aliphatic heterocycles. The Hall–Kier alpha value is -2.08. The molecule has 2 aromatic rings. The van der Waals surface area contributed by atoms with E-state index in [0.29, 0.717) is 19.1 Å². The maximum atomic E-state index is 5.81. The van der Waals surface area contributed by atoms with Gasteiger partial charge in [0.2, 0.25) is 5.89 Å². The second-order valence-corrected chi connectivity index (χ2v) is 5.74. The third kappa shape index (κ3) is 2.43. The zero-order valence-corrected chi connectivity index (χ0v) is 12.6. The second-order valence-electron chi connectivity index (χ2n) is 5.74. The molecule has 3 heterocycles. The number of ether oxygens (including phenoxy) is 2. The average Bonchev–Trinajstić information content (AvgIpc) is 3.16. The number of benzene rings is 1. The molecule has 1 aromatic heterocycles. The summed E-state index contributed by atoms with van der Waals surface area (Å²) in [5.74, 6) is 3.13. The van der Waals surface area contributed by atoms with Gasteiger partial charge in [-0.25, -0.2) is 0 Å². The highest BCUT2D eigenvalue weighted by Crippen LogP contribution is 2.37. The molecule has 1 fully saturated rings. The third-order valence-corrected chi connectivity index (χ3v) is 4.23. The van der Waals surface area contributed by atoms with Crippen LogP contribution in [0.3, 0.4) is 0 Å². The van der Waals surface area contributed by atoms with Crippen molar-refractivity contribution < 1.29 is 14.0 Å². The normalized spacial score (nSPS) is 21.2. The maximum Gasteiger partial charge on any atom is 0.223 e. The lowest BCUT2D eigenvalue weighted by Gasteiger charge is -2.25. The first-order valence-corrected chi connectivity index (χ1v) is 7.73. The van der Waals surface area contributed by atoms with Crippen molar-refractivity contribution in [2.45, 2.75) is 32.4 Å². The summed E-state index contributed by atoms with van der Waals surface area (Å²) >= 11 is 0. The van der Waals surface area contributed by atoms with Gasteiger partial charge in [-0.2, -0.15) is 4.98 Å². The fraction of sp³-hybridized carbons (Fsp3) is 0.500. The van der Waals surface area contributed by atoms with E-state index in [0.717, 1.165) is 48.8 Å². The molecular formula is C16H19N3O3. The number of likely N-dealkylation sites (tertiary alicyclic amines) is 1.